The molecule has 5 heteroatoms. The normalized spacial score (nSPS) is 19.3. The second kappa shape index (κ2) is 8.31. The third-order valence-corrected chi connectivity index (χ3v) is 6.36. The Morgan fingerprint density at radius 3 is 2.86 bits per heavy atom. The molecule has 0 radical (unpaired) electrons. The standard InChI is InChI=1S/C16H20O4Te/c1-3-19-16(17)10-13-4-5-14(20-13)11-21-15-8-6-12(18-2)7-9-15/h6-10,14H,3-5,11H2,1-2H3/b13-10-. The molecule has 1 aromatic carbocycles. The van der Waals surface area contributed by atoms with Crippen molar-refractivity contribution in [2.24, 2.45) is 0 Å². The zero-order chi connectivity index (χ0) is 15.1. The molecule has 2 rings (SSSR count). The van der Waals surface area contributed by atoms with Gasteiger partial charge in [-0.15, -0.1) is 0 Å². The Morgan fingerprint density at radius 2 is 2.19 bits per heavy atom. The van der Waals surface area contributed by atoms with E-state index in [4.69, 9.17) is 14.2 Å². The van der Waals surface area contributed by atoms with Crippen LogP contribution in [0.3, 0.4) is 0 Å². The molecule has 0 saturated carbocycles. The molecule has 0 aromatic heterocycles. The summed E-state index contributed by atoms with van der Waals surface area (Å²) in [5.74, 6) is 1.35. The van der Waals surface area contributed by atoms with Crippen LogP contribution in [0.25, 0.3) is 0 Å². The van der Waals surface area contributed by atoms with Crippen molar-refractivity contribution in [3.8, 4) is 5.75 Å². The van der Waals surface area contributed by atoms with Crippen molar-refractivity contribution in [2.45, 2.75) is 30.3 Å². The topological polar surface area (TPSA) is 44.8 Å². The minimum absolute atomic E-state index is 0.246. The van der Waals surface area contributed by atoms with Crippen molar-refractivity contribution in [2.75, 3.05) is 13.7 Å². The van der Waals surface area contributed by atoms with Crippen LogP contribution in [0.1, 0.15) is 19.8 Å². The second-order valence-electron chi connectivity index (χ2n) is 4.63. The summed E-state index contributed by atoms with van der Waals surface area (Å²) in [5, 5.41) is 0. The average Bonchev–Trinajstić information content (AvgIpc) is 2.93. The van der Waals surface area contributed by atoms with Gasteiger partial charge in [0.1, 0.15) is 0 Å². The maximum atomic E-state index is 11.4. The van der Waals surface area contributed by atoms with E-state index in [-0.39, 0.29) is 33.0 Å². The quantitative estimate of drug-likeness (QED) is 0.414. The van der Waals surface area contributed by atoms with Gasteiger partial charge in [-0.05, 0) is 0 Å². The molecular formula is C16H20O4Te. The van der Waals surface area contributed by atoms with Gasteiger partial charge in [0.25, 0.3) is 0 Å². The second-order valence-corrected chi connectivity index (χ2v) is 7.75. The molecule has 1 saturated heterocycles. The average molecular weight is 404 g/mol. The molecule has 0 amide bonds. The summed E-state index contributed by atoms with van der Waals surface area (Å²) in [6.07, 6.45) is 3.55. The monoisotopic (exact) mass is 406 g/mol. The predicted octanol–water partition coefficient (Wildman–Crippen LogP) is 2.07. The van der Waals surface area contributed by atoms with E-state index >= 15 is 0 Å². The molecule has 1 aromatic rings. The summed E-state index contributed by atoms with van der Waals surface area (Å²) in [4.78, 5) is 11.4. The van der Waals surface area contributed by atoms with E-state index < -0.39 is 0 Å². The molecule has 0 N–H and O–H groups in total. The first-order chi connectivity index (χ1) is 10.2. The van der Waals surface area contributed by atoms with Gasteiger partial charge in [0.15, 0.2) is 0 Å². The summed E-state index contributed by atoms with van der Waals surface area (Å²) < 4.78 is 18.3. The molecule has 1 unspecified atom stereocenters. The van der Waals surface area contributed by atoms with Crippen LogP contribution in [0.15, 0.2) is 36.1 Å². The number of carbonyl (C=O) groups excluding carboxylic acids is 1. The van der Waals surface area contributed by atoms with Crippen molar-refractivity contribution < 1.29 is 19.0 Å². The fourth-order valence-corrected chi connectivity index (χ4v) is 4.72. The first-order valence-electron chi connectivity index (χ1n) is 7.02. The third-order valence-electron chi connectivity index (χ3n) is 3.09. The van der Waals surface area contributed by atoms with Crippen LogP contribution in [0.4, 0.5) is 0 Å². The number of carbonyl (C=O) groups is 1. The molecule has 114 valence electrons. The van der Waals surface area contributed by atoms with E-state index in [1.165, 1.54) is 9.69 Å². The van der Waals surface area contributed by atoms with Crippen LogP contribution in [-0.2, 0) is 14.3 Å². The Labute approximate surface area is 135 Å². The van der Waals surface area contributed by atoms with E-state index in [2.05, 4.69) is 12.1 Å². The summed E-state index contributed by atoms with van der Waals surface area (Å²) >= 11 is -0.264. The zero-order valence-electron chi connectivity index (χ0n) is 12.3. The zero-order valence-corrected chi connectivity index (χ0v) is 14.7. The Balaban J connectivity index is 1.78. The van der Waals surface area contributed by atoms with Crippen LogP contribution in [-0.4, -0.2) is 46.7 Å². The van der Waals surface area contributed by atoms with Crippen LogP contribution in [0, 0.1) is 0 Å². The summed E-state index contributed by atoms with van der Waals surface area (Å²) in [6.45, 7) is 2.20. The molecule has 0 bridgehead atoms. The summed E-state index contributed by atoms with van der Waals surface area (Å²) in [6, 6.07) is 8.26. The van der Waals surface area contributed by atoms with Crippen molar-refractivity contribution in [3.63, 3.8) is 0 Å². The number of allylic oxidation sites excluding steroid dienone is 1. The van der Waals surface area contributed by atoms with E-state index in [0.717, 1.165) is 28.8 Å². The molecular weight excluding hydrogens is 384 g/mol. The van der Waals surface area contributed by atoms with Crippen molar-refractivity contribution in [1.29, 1.82) is 0 Å². The van der Waals surface area contributed by atoms with Gasteiger partial charge in [-0.3, -0.25) is 0 Å². The maximum absolute atomic E-state index is 11.4. The Bertz CT molecular complexity index is 496. The molecule has 0 spiro atoms. The molecule has 1 aliphatic rings. The number of rotatable bonds is 6. The van der Waals surface area contributed by atoms with Crippen LogP contribution in [0.5, 0.6) is 5.75 Å². The molecule has 4 nitrogen and oxygen atoms in total. The van der Waals surface area contributed by atoms with Crippen molar-refractivity contribution in [1.82, 2.24) is 0 Å². The molecule has 21 heavy (non-hydrogen) atoms. The number of methoxy groups -OCH3 is 1. The fourth-order valence-electron chi connectivity index (χ4n) is 2.04. The van der Waals surface area contributed by atoms with E-state index in [0.29, 0.717) is 6.61 Å². The van der Waals surface area contributed by atoms with Crippen LogP contribution >= 0.6 is 0 Å². The van der Waals surface area contributed by atoms with Gasteiger partial charge in [-0.25, -0.2) is 0 Å². The summed E-state index contributed by atoms with van der Waals surface area (Å²) in [7, 11) is 1.68. The first-order valence-corrected chi connectivity index (χ1v) is 9.83. The van der Waals surface area contributed by atoms with Gasteiger partial charge in [-0.1, -0.05) is 0 Å². The summed E-state index contributed by atoms with van der Waals surface area (Å²) in [5.41, 5.74) is 0. The van der Waals surface area contributed by atoms with E-state index in [1.807, 2.05) is 12.1 Å². The number of hydrogen-bond acceptors (Lipinski definition) is 4. The van der Waals surface area contributed by atoms with Gasteiger partial charge in [0.05, 0.1) is 0 Å². The van der Waals surface area contributed by atoms with E-state index in [1.54, 1.807) is 14.0 Å². The molecule has 0 aliphatic carbocycles. The van der Waals surface area contributed by atoms with Crippen molar-refractivity contribution in [3.05, 3.63) is 36.1 Å². The Hall–Kier alpha value is -1.18. The van der Waals surface area contributed by atoms with Crippen molar-refractivity contribution >= 4 is 30.5 Å². The number of hydrogen-bond donors (Lipinski definition) is 0. The number of esters is 1. The molecule has 1 heterocycles. The first kappa shape index (κ1) is 16.2. The SMILES string of the molecule is CCOC(=O)/C=C1/CCC(C[Te]c2ccc(OC)cc2)O1. The van der Waals surface area contributed by atoms with Crippen LogP contribution in [0.2, 0.25) is 4.47 Å². The van der Waals surface area contributed by atoms with Gasteiger partial charge in [0.2, 0.25) is 0 Å². The Kier molecular flexibility index (Phi) is 6.41. The van der Waals surface area contributed by atoms with Gasteiger partial charge in [0, 0.05) is 0 Å². The molecule has 1 fully saturated rings. The Morgan fingerprint density at radius 1 is 1.43 bits per heavy atom. The fraction of sp³-hybridized carbons (Fsp3) is 0.438. The van der Waals surface area contributed by atoms with Crippen LogP contribution < -0.4 is 8.35 Å². The molecule has 1 atom stereocenters. The van der Waals surface area contributed by atoms with E-state index in [9.17, 15) is 4.79 Å². The van der Waals surface area contributed by atoms with Gasteiger partial charge < -0.3 is 0 Å². The minimum atomic E-state index is -0.306. The number of benzene rings is 1. The molecule has 1 aliphatic heterocycles. The predicted molar refractivity (Wildman–Crippen MR) is 82.0 cm³/mol. The van der Waals surface area contributed by atoms with Gasteiger partial charge in [-0.2, -0.15) is 0 Å². The van der Waals surface area contributed by atoms with Gasteiger partial charge >= 0.3 is 135 Å². The third kappa shape index (κ3) is 5.26. The number of ether oxygens (including phenoxy) is 3.